The molecular formula is C44H49N7O5S. The Morgan fingerprint density at radius 3 is 2.30 bits per heavy atom. The Hall–Kier alpha value is -5.50. The maximum absolute atomic E-state index is 14.1. The number of thiazole rings is 1. The number of aliphatic hydroxyl groups is 1. The van der Waals surface area contributed by atoms with Crippen LogP contribution in [0.2, 0.25) is 0 Å². The largest absolute Gasteiger partial charge is 0.507 e. The molecule has 2 saturated heterocycles. The third-order valence-electron chi connectivity index (χ3n) is 10.9. The van der Waals surface area contributed by atoms with Crippen LogP contribution in [0.5, 0.6) is 5.75 Å². The van der Waals surface area contributed by atoms with Crippen LogP contribution in [0.25, 0.3) is 32.8 Å². The zero-order chi connectivity index (χ0) is 40.4. The van der Waals surface area contributed by atoms with E-state index in [4.69, 9.17) is 0 Å². The molecule has 0 bridgehead atoms. The van der Waals surface area contributed by atoms with E-state index in [-0.39, 0.29) is 54.9 Å². The van der Waals surface area contributed by atoms with Crippen LogP contribution in [0.15, 0.2) is 90.6 Å². The van der Waals surface area contributed by atoms with Crippen molar-refractivity contribution >= 4 is 29.1 Å². The monoisotopic (exact) mass is 787 g/mol. The van der Waals surface area contributed by atoms with Crippen LogP contribution in [-0.2, 0) is 14.4 Å². The first-order chi connectivity index (χ1) is 27.2. The number of phenols is 1. The van der Waals surface area contributed by atoms with Crippen molar-refractivity contribution < 1.29 is 24.6 Å². The number of hydrogen-bond acceptors (Lipinski definition) is 10. The zero-order valence-corrected chi connectivity index (χ0v) is 33.7. The minimum Gasteiger partial charge on any atom is -0.507 e. The summed E-state index contributed by atoms with van der Waals surface area (Å²) in [6.07, 6.45) is 0.965. The summed E-state index contributed by atoms with van der Waals surface area (Å²) < 4.78 is 0. The Morgan fingerprint density at radius 2 is 1.63 bits per heavy atom. The highest BCUT2D eigenvalue weighted by molar-refractivity contribution is 7.13. The van der Waals surface area contributed by atoms with E-state index in [0.717, 1.165) is 38.4 Å². The third kappa shape index (κ3) is 8.90. The number of aliphatic hydroxyl groups excluding tert-OH is 1. The van der Waals surface area contributed by atoms with E-state index >= 15 is 0 Å². The van der Waals surface area contributed by atoms with Crippen molar-refractivity contribution in [2.75, 3.05) is 26.2 Å². The standard InChI is InChI=1S/C44H49N7O5S/c1-26(28-10-16-31(17-11-28)40-27(2)45-25-57-40)47-42(55)37-19-34(52)23-51(37)43(56)41(44(3,4)5)48-39(54)24-50-21-33(22-50)30-14-12-29(13-15-30)32-18-36(49-46-20-32)35-8-6-7-9-38(35)53/h6-18,20,25-26,33-34,37,41,52-53H,19,21-24H2,1-5H3,(H,47,55)(H,48,54)/t26-,34+,37-,41+/m0/s1. The second-order valence-electron chi connectivity index (χ2n) is 16.2. The van der Waals surface area contributed by atoms with Crippen molar-refractivity contribution in [3.05, 3.63) is 107 Å². The Labute approximate surface area is 337 Å². The highest BCUT2D eigenvalue weighted by Crippen LogP contribution is 2.33. The molecule has 2 fully saturated rings. The van der Waals surface area contributed by atoms with Gasteiger partial charge in [0.1, 0.15) is 17.8 Å². The molecule has 4 N–H and O–H groups in total. The molecular weight excluding hydrogens is 739 g/mol. The number of amides is 3. The molecule has 4 atom stereocenters. The van der Waals surface area contributed by atoms with E-state index in [2.05, 4.69) is 37.9 Å². The van der Waals surface area contributed by atoms with Crippen LogP contribution >= 0.6 is 11.3 Å². The van der Waals surface area contributed by atoms with Gasteiger partial charge in [0.2, 0.25) is 17.7 Å². The van der Waals surface area contributed by atoms with Gasteiger partial charge in [-0.05, 0) is 59.7 Å². The number of nitrogens with zero attached hydrogens (tertiary/aromatic N) is 5. The molecule has 4 heterocycles. The fourth-order valence-electron chi connectivity index (χ4n) is 7.63. The predicted octanol–water partition coefficient (Wildman–Crippen LogP) is 5.72. The van der Waals surface area contributed by atoms with Gasteiger partial charge in [-0.15, -0.1) is 11.3 Å². The van der Waals surface area contributed by atoms with E-state index in [0.29, 0.717) is 24.3 Å². The lowest BCUT2D eigenvalue weighted by Gasteiger charge is -2.40. The van der Waals surface area contributed by atoms with Gasteiger partial charge < -0.3 is 25.7 Å². The van der Waals surface area contributed by atoms with Crippen molar-refractivity contribution in [1.82, 2.24) is 35.6 Å². The average molecular weight is 788 g/mol. The third-order valence-corrected chi connectivity index (χ3v) is 11.9. The van der Waals surface area contributed by atoms with Gasteiger partial charge in [-0.1, -0.05) is 81.4 Å². The lowest BCUT2D eigenvalue weighted by Crippen LogP contribution is -2.59. The van der Waals surface area contributed by atoms with Crippen LogP contribution < -0.4 is 10.6 Å². The molecule has 0 aliphatic carbocycles. The molecule has 2 aromatic heterocycles. The first kappa shape index (κ1) is 39.7. The second kappa shape index (κ2) is 16.5. The molecule has 0 spiro atoms. The Kier molecular flexibility index (Phi) is 11.5. The van der Waals surface area contributed by atoms with E-state index in [1.54, 1.807) is 35.7 Å². The van der Waals surface area contributed by atoms with Crippen LogP contribution in [0.1, 0.15) is 62.9 Å². The normalized spacial score (nSPS) is 18.5. The molecule has 0 unspecified atom stereocenters. The zero-order valence-electron chi connectivity index (χ0n) is 32.8. The van der Waals surface area contributed by atoms with Crippen molar-refractivity contribution in [2.24, 2.45) is 5.41 Å². The van der Waals surface area contributed by atoms with E-state index in [9.17, 15) is 24.6 Å². The summed E-state index contributed by atoms with van der Waals surface area (Å²) in [5.74, 6) is -0.595. The number of aromatic nitrogens is 3. The molecule has 0 radical (unpaired) electrons. The lowest BCUT2D eigenvalue weighted by molar-refractivity contribution is -0.144. The highest BCUT2D eigenvalue weighted by Gasteiger charge is 2.45. The molecule has 0 saturated carbocycles. The summed E-state index contributed by atoms with van der Waals surface area (Å²) >= 11 is 1.58. The van der Waals surface area contributed by atoms with Crippen LogP contribution in [0, 0.1) is 12.3 Å². The fourth-order valence-corrected chi connectivity index (χ4v) is 8.44. The number of nitrogens with one attached hydrogen (secondary N) is 2. The van der Waals surface area contributed by atoms with Gasteiger partial charge in [-0.2, -0.15) is 10.2 Å². The molecule has 13 heteroatoms. The number of aryl methyl sites for hydroxylation is 1. The summed E-state index contributed by atoms with van der Waals surface area (Å²) in [4.78, 5) is 50.2. The van der Waals surface area contributed by atoms with E-state index in [1.165, 1.54) is 4.90 Å². The molecule has 7 rings (SSSR count). The number of carbonyl (C=O) groups excluding carboxylic acids is 3. The van der Waals surface area contributed by atoms with Crippen molar-refractivity contribution in [3.8, 4) is 38.6 Å². The van der Waals surface area contributed by atoms with Crippen LogP contribution in [0.4, 0.5) is 0 Å². The van der Waals surface area contributed by atoms with E-state index in [1.807, 2.05) is 93.6 Å². The van der Waals surface area contributed by atoms with Gasteiger partial charge in [0.05, 0.1) is 46.7 Å². The minimum atomic E-state index is -0.899. The summed E-state index contributed by atoms with van der Waals surface area (Å²) in [7, 11) is 0. The van der Waals surface area contributed by atoms with Crippen LogP contribution in [-0.4, -0.2) is 97.3 Å². The second-order valence-corrected chi connectivity index (χ2v) is 17.1. The smallest absolute Gasteiger partial charge is 0.246 e. The van der Waals surface area contributed by atoms with Gasteiger partial charge >= 0.3 is 0 Å². The maximum Gasteiger partial charge on any atom is 0.246 e. The van der Waals surface area contributed by atoms with Gasteiger partial charge in [0.25, 0.3) is 0 Å². The predicted molar refractivity (Wildman–Crippen MR) is 220 cm³/mol. The topological polar surface area (TPSA) is 161 Å². The quantitative estimate of drug-likeness (QED) is 0.131. The number of hydrogen-bond donors (Lipinski definition) is 4. The summed E-state index contributed by atoms with van der Waals surface area (Å²) in [5, 5.41) is 35.3. The lowest BCUT2D eigenvalue weighted by atomic mass is 9.85. The summed E-state index contributed by atoms with van der Waals surface area (Å²) in [6.45, 7) is 11.1. The van der Waals surface area contributed by atoms with Gasteiger partial charge in [0.15, 0.2) is 0 Å². The first-order valence-corrected chi connectivity index (χ1v) is 20.2. The van der Waals surface area contributed by atoms with Crippen molar-refractivity contribution in [2.45, 2.75) is 71.2 Å². The molecule has 296 valence electrons. The number of phenolic OH excluding ortho intramolecular Hbond substituents is 1. The Balaban J connectivity index is 0.931. The average Bonchev–Trinajstić information content (AvgIpc) is 3.80. The fraction of sp³-hybridized carbons (Fsp3) is 0.364. The first-order valence-electron chi connectivity index (χ1n) is 19.3. The molecule has 3 aromatic carbocycles. The number of benzene rings is 3. The summed E-state index contributed by atoms with van der Waals surface area (Å²) in [5.41, 5.74) is 8.35. The summed E-state index contributed by atoms with van der Waals surface area (Å²) in [6, 6.07) is 23.1. The number of rotatable bonds is 11. The number of aromatic hydroxyl groups is 1. The number of likely N-dealkylation sites (tertiary alicyclic amines) is 2. The molecule has 12 nitrogen and oxygen atoms in total. The number of carbonyl (C=O) groups is 3. The van der Waals surface area contributed by atoms with Gasteiger partial charge in [-0.3, -0.25) is 19.3 Å². The van der Waals surface area contributed by atoms with Crippen molar-refractivity contribution in [1.29, 1.82) is 0 Å². The van der Waals surface area contributed by atoms with E-state index < -0.39 is 23.6 Å². The number of para-hydroxylation sites is 1. The van der Waals surface area contributed by atoms with Crippen LogP contribution in [0.3, 0.4) is 0 Å². The highest BCUT2D eigenvalue weighted by atomic mass is 32.1. The maximum atomic E-state index is 14.1. The van der Waals surface area contributed by atoms with Crippen molar-refractivity contribution in [3.63, 3.8) is 0 Å². The molecule has 57 heavy (non-hydrogen) atoms. The molecule has 3 amide bonds. The minimum absolute atomic E-state index is 0.0126. The SMILES string of the molecule is Cc1ncsc1-c1ccc([C@H](C)NC(=O)[C@@H]2C[C@@H](O)CN2C(=O)[C@@H](NC(=O)CN2CC(c3ccc(-c4cnnc(-c5ccccc5O)c4)cc3)C2)C(C)(C)C)cc1. The Morgan fingerprint density at radius 1 is 0.930 bits per heavy atom. The molecule has 2 aliphatic rings. The van der Waals surface area contributed by atoms with Gasteiger partial charge in [0, 0.05) is 43.1 Å². The number of β-amino-alcohol motifs (C(OH)–C–C–N with tert-alkyl or cyclic N) is 1. The Bertz CT molecular complexity index is 2230. The molecule has 2 aliphatic heterocycles. The molecule has 5 aromatic rings. The van der Waals surface area contributed by atoms with Gasteiger partial charge in [-0.25, -0.2) is 4.98 Å².